The molecule has 0 saturated heterocycles. The first-order valence-corrected chi connectivity index (χ1v) is 11.7. The lowest BCUT2D eigenvalue weighted by molar-refractivity contribution is -0.137. The molecule has 0 aliphatic heterocycles. The average Bonchev–Trinajstić information content (AvgIpc) is 3.25. The van der Waals surface area contributed by atoms with Crippen molar-refractivity contribution in [2.75, 3.05) is 7.11 Å². The van der Waals surface area contributed by atoms with Crippen LogP contribution in [0.3, 0.4) is 0 Å². The minimum Gasteiger partial charge on any atom is -0.489 e. The second-order valence-corrected chi connectivity index (χ2v) is 8.84. The lowest BCUT2D eigenvalue weighted by Crippen LogP contribution is -2.04. The molecule has 0 saturated carbocycles. The summed E-state index contributed by atoms with van der Waals surface area (Å²) in [6, 6.07) is 15.8. The number of carboxylic acid groups (broad SMARTS) is 1. The number of hydrogen-bond donors (Lipinski definition) is 1. The topological polar surface area (TPSA) is 68.7 Å². The predicted molar refractivity (Wildman–Crippen MR) is 136 cm³/mol. The molecule has 0 aliphatic rings. The van der Waals surface area contributed by atoms with Crippen molar-refractivity contribution in [3.8, 4) is 34.6 Å². The number of aromatic nitrogens is 1. The molecular weight excluding hydrogens is 446 g/mol. The van der Waals surface area contributed by atoms with Crippen LogP contribution in [-0.2, 0) is 11.4 Å². The van der Waals surface area contributed by atoms with Crippen LogP contribution in [0.1, 0.15) is 36.0 Å². The van der Waals surface area contributed by atoms with E-state index in [-0.39, 0.29) is 12.3 Å². The molecule has 172 valence electrons. The van der Waals surface area contributed by atoms with Crippen LogP contribution in [0.2, 0.25) is 0 Å². The third-order valence-corrected chi connectivity index (χ3v) is 6.57. The number of carbonyl (C=O) groups is 1. The fourth-order valence-corrected chi connectivity index (χ4v) is 4.80. The summed E-state index contributed by atoms with van der Waals surface area (Å²) in [6.07, 6.45) is 1.84. The summed E-state index contributed by atoms with van der Waals surface area (Å²) in [5, 5.41) is 12.5. The van der Waals surface area contributed by atoms with Crippen LogP contribution in [0.5, 0.6) is 11.6 Å². The average molecular weight is 472 g/mol. The maximum absolute atomic E-state index is 11.1. The first kappa shape index (κ1) is 23.3. The van der Waals surface area contributed by atoms with Crippen molar-refractivity contribution >= 4 is 27.4 Å². The molecule has 2 heterocycles. The maximum Gasteiger partial charge on any atom is 0.304 e. The fourth-order valence-electron chi connectivity index (χ4n) is 3.86. The number of benzene rings is 2. The molecule has 2 aromatic heterocycles. The third-order valence-electron chi connectivity index (χ3n) is 5.61. The SMILES string of the molecule is CC#CC(CC(=O)O)c1ccc(OCc2ccc3scc(-c4cnc(OC)cc4C)c3c2)cc1. The van der Waals surface area contributed by atoms with Crippen molar-refractivity contribution in [3.63, 3.8) is 0 Å². The first-order chi connectivity index (χ1) is 16.5. The molecule has 0 spiro atoms. The Morgan fingerprint density at radius 3 is 2.62 bits per heavy atom. The van der Waals surface area contributed by atoms with Gasteiger partial charge in [0.1, 0.15) is 12.4 Å². The van der Waals surface area contributed by atoms with Gasteiger partial charge in [0.05, 0.1) is 19.4 Å². The Morgan fingerprint density at radius 2 is 1.94 bits per heavy atom. The van der Waals surface area contributed by atoms with E-state index < -0.39 is 5.97 Å². The second kappa shape index (κ2) is 10.4. The summed E-state index contributed by atoms with van der Waals surface area (Å²) >= 11 is 1.71. The molecule has 1 N–H and O–H groups in total. The van der Waals surface area contributed by atoms with Gasteiger partial charge in [-0.05, 0) is 60.2 Å². The monoisotopic (exact) mass is 471 g/mol. The number of hydrogen-bond acceptors (Lipinski definition) is 5. The lowest BCUT2D eigenvalue weighted by Gasteiger charge is -2.11. The molecule has 0 bridgehead atoms. The number of pyridine rings is 1. The quantitative estimate of drug-likeness (QED) is 0.300. The smallest absolute Gasteiger partial charge is 0.304 e. The van der Waals surface area contributed by atoms with Crippen LogP contribution in [0.4, 0.5) is 0 Å². The lowest BCUT2D eigenvalue weighted by atomic mass is 9.96. The van der Waals surface area contributed by atoms with Crippen molar-refractivity contribution in [2.45, 2.75) is 32.8 Å². The van der Waals surface area contributed by atoms with Gasteiger partial charge in [0.15, 0.2) is 0 Å². The zero-order chi connectivity index (χ0) is 24.1. The Hall–Kier alpha value is -3.82. The van der Waals surface area contributed by atoms with Crippen LogP contribution < -0.4 is 9.47 Å². The molecule has 0 radical (unpaired) electrons. The number of carboxylic acids is 1. The molecule has 34 heavy (non-hydrogen) atoms. The van der Waals surface area contributed by atoms with E-state index in [2.05, 4.69) is 47.3 Å². The zero-order valence-corrected chi connectivity index (χ0v) is 20.1. The zero-order valence-electron chi connectivity index (χ0n) is 19.3. The summed E-state index contributed by atoms with van der Waals surface area (Å²) in [5.74, 6) is 5.93. The van der Waals surface area contributed by atoms with E-state index in [1.807, 2.05) is 36.5 Å². The molecule has 6 heteroatoms. The van der Waals surface area contributed by atoms with E-state index in [0.29, 0.717) is 12.5 Å². The highest BCUT2D eigenvalue weighted by Gasteiger charge is 2.14. The highest BCUT2D eigenvalue weighted by Crippen LogP contribution is 2.36. The number of ether oxygens (including phenoxy) is 2. The standard InChI is InChI=1S/C28H25NO4S/c1-4-5-21(14-28(30)31)20-7-9-22(10-8-20)33-16-19-6-11-26-23(13-19)25(17-34-26)24-15-29-27(32-3)12-18(24)2/h6-13,15,17,21H,14,16H2,1-3H3,(H,30,31). The molecule has 0 aliphatic carbocycles. The van der Waals surface area contributed by atoms with Gasteiger partial charge < -0.3 is 14.6 Å². The number of nitrogens with zero attached hydrogens (tertiary/aromatic N) is 1. The van der Waals surface area contributed by atoms with Gasteiger partial charge >= 0.3 is 5.97 Å². The summed E-state index contributed by atoms with van der Waals surface area (Å²) in [4.78, 5) is 15.5. The Morgan fingerprint density at radius 1 is 1.15 bits per heavy atom. The summed E-state index contributed by atoms with van der Waals surface area (Å²) in [5.41, 5.74) is 5.29. The minimum atomic E-state index is -0.864. The van der Waals surface area contributed by atoms with Crippen molar-refractivity contribution in [1.82, 2.24) is 4.98 Å². The Kier molecular flexibility index (Phi) is 7.15. The first-order valence-electron chi connectivity index (χ1n) is 10.9. The summed E-state index contributed by atoms with van der Waals surface area (Å²) in [6.45, 7) is 4.21. The van der Waals surface area contributed by atoms with Gasteiger partial charge in [-0.25, -0.2) is 4.98 Å². The van der Waals surface area contributed by atoms with Gasteiger partial charge in [-0.1, -0.05) is 24.1 Å². The van der Waals surface area contributed by atoms with Crippen LogP contribution >= 0.6 is 11.3 Å². The van der Waals surface area contributed by atoms with Gasteiger partial charge in [-0.3, -0.25) is 4.79 Å². The van der Waals surface area contributed by atoms with E-state index in [4.69, 9.17) is 14.6 Å². The Labute approximate surface area is 203 Å². The molecule has 4 rings (SSSR count). The molecule has 0 amide bonds. The second-order valence-electron chi connectivity index (χ2n) is 7.92. The van der Waals surface area contributed by atoms with Gasteiger partial charge in [0.2, 0.25) is 5.88 Å². The number of fused-ring (bicyclic) bond motifs is 1. The van der Waals surface area contributed by atoms with Crippen LogP contribution in [0.15, 0.2) is 60.1 Å². The van der Waals surface area contributed by atoms with Crippen molar-refractivity contribution in [1.29, 1.82) is 0 Å². The van der Waals surface area contributed by atoms with Crippen molar-refractivity contribution in [2.24, 2.45) is 0 Å². The van der Waals surface area contributed by atoms with Crippen molar-refractivity contribution in [3.05, 3.63) is 76.8 Å². The molecule has 4 aromatic rings. The summed E-state index contributed by atoms with van der Waals surface area (Å²) < 4.78 is 12.5. The van der Waals surface area contributed by atoms with Gasteiger partial charge in [-0.2, -0.15) is 0 Å². The fraction of sp³-hybridized carbons (Fsp3) is 0.214. The summed E-state index contributed by atoms with van der Waals surface area (Å²) in [7, 11) is 1.62. The Balaban J connectivity index is 1.51. The normalized spacial score (nSPS) is 11.5. The van der Waals surface area contributed by atoms with Crippen LogP contribution in [0.25, 0.3) is 21.2 Å². The third kappa shape index (κ3) is 5.22. The van der Waals surface area contributed by atoms with Crippen LogP contribution in [0, 0.1) is 18.8 Å². The van der Waals surface area contributed by atoms with Gasteiger partial charge in [-0.15, -0.1) is 17.3 Å². The predicted octanol–water partition coefficient (Wildman–Crippen LogP) is 6.44. The molecule has 0 fully saturated rings. The maximum atomic E-state index is 11.1. The number of thiophene rings is 1. The molecule has 5 nitrogen and oxygen atoms in total. The van der Waals surface area contributed by atoms with E-state index in [1.54, 1.807) is 25.4 Å². The number of aliphatic carboxylic acids is 1. The van der Waals surface area contributed by atoms with E-state index in [9.17, 15) is 4.79 Å². The molecule has 2 aromatic carbocycles. The molecular formula is C28H25NO4S. The van der Waals surface area contributed by atoms with E-state index in [1.165, 1.54) is 10.1 Å². The highest BCUT2D eigenvalue weighted by atomic mass is 32.1. The van der Waals surface area contributed by atoms with Crippen molar-refractivity contribution < 1.29 is 19.4 Å². The highest BCUT2D eigenvalue weighted by molar-refractivity contribution is 7.17. The van der Waals surface area contributed by atoms with E-state index in [0.717, 1.165) is 33.6 Å². The number of aryl methyl sites for hydroxylation is 1. The van der Waals surface area contributed by atoms with E-state index >= 15 is 0 Å². The minimum absolute atomic E-state index is 0.0206. The molecule has 1 unspecified atom stereocenters. The number of methoxy groups -OCH3 is 1. The Bertz CT molecular complexity index is 1380. The van der Waals surface area contributed by atoms with Gasteiger partial charge in [0.25, 0.3) is 0 Å². The largest absolute Gasteiger partial charge is 0.489 e. The van der Waals surface area contributed by atoms with Gasteiger partial charge in [0, 0.05) is 33.5 Å². The van der Waals surface area contributed by atoms with Crippen LogP contribution in [-0.4, -0.2) is 23.2 Å². The molecule has 1 atom stereocenters. The number of rotatable bonds is 8.